The molecular weight excluding hydrogens is 264 g/mol. The van der Waals surface area contributed by atoms with Crippen LogP contribution in [0.5, 0.6) is 0 Å². The highest BCUT2D eigenvalue weighted by molar-refractivity contribution is 5.45. The van der Waals surface area contributed by atoms with E-state index in [2.05, 4.69) is 53.3 Å². The molecule has 0 fully saturated rings. The molecule has 0 unspecified atom stereocenters. The van der Waals surface area contributed by atoms with E-state index in [9.17, 15) is 0 Å². The van der Waals surface area contributed by atoms with Gasteiger partial charge in [0.05, 0.1) is 0 Å². The van der Waals surface area contributed by atoms with E-state index in [-0.39, 0.29) is 0 Å². The minimum Gasteiger partial charge on any atom is -0.103 e. The maximum Gasteiger partial charge on any atom is -0.0262 e. The third kappa shape index (κ3) is 20.2. The molecule has 0 rings (SSSR count). The van der Waals surface area contributed by atoms with Crippen molar-refractivity contribution in [2.45, 2.75) is 40.5 Å². The first kappa shape index (κ1) is 24.9. The summed E-state index contributed by atoms with van der Waals surface area (Å²) in [7, 11) is 0. The van der Waals surface area contributed by atoms with Crippen molar-refractivity contribution in [3.05, 3.63) is 98.2 Å². The Morgan fingerprint density at radius 1 is 0.636 bits per heavy atom. The van der Waals surface area contributed by atoms with E-state index >= 15 is 0 Å². The Morgan fingerprint density at radius 2 is 0.864 bits per heavy atom. The Bertz CT molecular complexity index is 383. The Balaban J connectivity index is -0.000000515. The van der Waals surface area contributed by atoms with E-state index in [1.807, 2.05) is 38.2 Å². The number of hydrogen-bond acceptors (Lipinski definition) is 0. The molecule has 22 heavy (non-hydrogen) atoms. The van der Waals surface area contributed by atoms with E-state index in [1.165, 1.54) is 0 Å². The van der Waals surface area contributed by atoms with Crippen LogP contribution in [0.3, 0.4) is 0 Å². The van der Waals surface area contributed by atoms with Gasteiger partial charge in [-0.25, -0.2) is 0 Å². The molecule has 0 aliphatic carbocycles. The van der Waals surface area contributed by atoms with Crippen LogP contribution in [-0.2, 0) is 0 Å². The predicted octanol–water partition coefficient (Wildman–Crippen LogP) is 7.53. The zero-order chi connectivity index (χ0) is 18.0. The predicted molar refractivity (Wildman–Crippen MR) is 107 cm³/mol. The van der Waals surface area contributed by atoms with Crippen LogP contribution in [0, 0.1) is 0 Å². The van der Waals surface area contributed by atoms with Crippen molar-refractivity contribution >= 4 is 0 Å². The molecule has 0 atom stereocenters. The van der Waals surface area contributed by atoms with Gasteiger partial charge in [-0.1, -0.05) is 87.8 Å². The van der Waals surface area contributed by atoms with E-state index in [4.69, 9.17) is 0 Å². The molecule has 0 heterocycles. The lowest BCUT2D eigenvalue weighted by molar-refractivity contribution is 1.16. The van der Waals surface area contributed by atoms with Crippen LogP contribution in [0.4, 0.5) is 0 Å². The van der Waals surface area contributed by atoms with Gasteiger partial charge in [-0.2, -0.15) is 0 Å². The molecule has 0 radical (unpaired) electrons. The van der Waals surface area contributed by atoms with Crippen molar-refractivity contribution in [2.24, 2.45) is 0 Å². The third-order valence-electron chi connectivity index (χ3n) is 2.36. The van der Waals surface area contributed by atoms with Gasteiger partial charge < -0.3 is 0 Å². The van der Waals surface area contributed by atoms with Crippen LogP contribution in [0.15, 0.2) is 98.2 Å². The van der Waals surface area contributed by atoms with E-state index in [0.29, 0.717) is 0 Å². The second kappa shape index (κ2) is 18.9. The fourth-order valence-corrected chi connectivity index (χ4v) is 0.887. The highest BCUT2D eigenvalue weighted by Crippen LogP contribution is 2.12. The van der Waals surface area contributed by atoms with Crippen molar-refractivity contribution in [1.29, 1.82) is 0 Å². The maximum absolute atomic E-state index is 3.96. The summed E-state index contributed by atoms with van der Waals surface area (Å²) in [5, 5.41) is 0. The fraction of sp³-hybridized carbons (Fsp3) is 0.273. The Kier molecular flexibility index (Phi) is 21.4. The van der Waals surface area contributed by atoms with E-state index in [1.54, 1.807) is 12.2 Å². The molecule has 0 aliphatic heterocycles. The number of allylic oxidation sites excluding steroid dienone is 10. The Labute approximate surface area is 139 Å². The van der Waals surface area contributed by atoms with Gasteiger partial charge in [-0.15, -0.1) is 13.2 Å². The molecule has 0 saturated carbocycles. The Hall–Kier alpha value is -2.08. The number of hydrogen-bond donors (Lipinski definition) is 0. The average Bonchev–Trinajstić information content (AvgIpc) is 2.50. The summed E-state index contributed by atoms with van der Waals surface area (Å²) in [6.45, 7) is 30.4. The first-order chi connectivity index (χ1) is 10.3. The van der Waals surface area contributed by atoms with Crippen molar-refractivity contribution in [3.63, 3.8) is 0 Å². The van der Waals surface area contributed by atoms with Crippen LogP contribution in [0.1, 0.15) is 40.5 Å². The quantitative estimate of drug-likeness (QED) is 0.336. The van der Waals surface area contributed by atoms with Crippen LogP contribution >= 0.6 is 0 Å². The molecule has 0 nitrogen and oxygen atoms in total. The van der Waals surface area contributed by atoms with E-state index in [0.717, 1.165) is 35.1 Å². The standard InChI is InChI=1S/C16H22.2C3H6/c1-7-13(3)9-11-15(5)16(6)12-10-14(4)8-2;2*1-3-2/h9-12H,3-8H2,1-2H3;2*3H,1H2,2H3/b11-9-,12-10-;;. The average molecular weight is 299 g/mol. The number of rotatable bonds is 7. The van der Waals surface area contributed by atoms with Crippen LogP contribution in [0.25, 0.3) is 0 Å². The topological polar surface area (TPSA) is 0 Å². The summed E-state index contributed by atoms with van der Waals surface area (Å²) in [6, 6.07) is 0. The molecule has 0 heteroatoms. The van der Waals surface area contributed by atoms with Crippen molar-refractivity contribution in [2.75, 3.05) is 0 Å². The summed E-state index contributed by atoms with van der Waals surface area (Å²) in [5.41, 5.74) is 4.01. The molecular formula is C22H34. The van der Waals surface area contributed by atoms with Gasteiger partial charge in [0, 0.05) is 0 Å². The summed E-state index contributed by atoms with van der Waals surface area (Å²) < 4.78 is 0. The minimum atomic E-state index is 0.912. The summed E-state index contributed by atoms with van der Waals surface area (Å²) in [5.74, 6) is 0. The van der Waals surface area contributed by atoms with Gasteiger partial charge in [-0.3, -0.25) is 0 Å². The highest BCUT2D eigenvalue weighted by atomic mass is 14.0. The molecule has 0 saturated heterocycles. The van der Waals surface area contributed by atoms with Crippen LogP contribution in [-0.4, -0.2) is 0 Å². The van der Waals surface area contributed by atoms with Gasteiger partial charge >= 0.3 is 0 Å². The van der Waals surface area contributed by atoms with Gasteiger partial charge in [-0.05, 0) is 37.8 Å². The minimum absolute atomic E-state index is 0.912. The third-order valence-corrected chi connectivity index (χ3v) is 2.36. The fourth-order valence-electron chi connectivity index (χ4n) is 0.887. The van der Waals surface area contributed by atoms with Gasteiger partial charge in [0.25, 0.3) is 0 Å². The lowest BCUT2D eigenvalue weighted by atomic mass is 10.1. The van der Waals surface area contributed by atoms with Crippen molar-refractivity contribution in [1.82, 2.24) is 0 Å². The SMILES string of the molecule is C=C(/C=C\C(=C)C(=C)/C=C\C(=C)CC)CC.C=CC.C=CC. The second-order valence-electron chi connectivity index (χ2n) is 4.56. The molecule has 0 spiro atoms. The molecule has 0 aromatic carbocycles. The highest BCUT2D eigenvalue weighted by Gasteiger charge is 1.92. The van der Waals surface area contributed by atoms with Crippen molar-refractivity contribution in [3.8, 4) is 0 Å². The van der Waals surface area contributed by atoms with Crippen LogP contribution < -0.4 is 0 Å². The molecule has 0 N–H and O–H groups in total. The van der Waals surface area contributed by atoms with Gasteiger partial charge in [0.2, 0.25) is 0 Å². The van der Waals surface area contributed by atoms with E-state index < -0.39 is 0 Å². The smallest absolute Gasteiger partial charge is 0.0262 e. The summed E-state index contributed by atoms with van der Waals surface area (Å²) in [6.07, 6.45) is 13.3. The maximum atomic E-state index is 3.96. The van der Waals surface area contributed by atoms with Gasteiger partial charge in [0.1, 0.15) is 0 Å². The first-order valence-electron chi connectivity index (χ1n) is 7.58. The second-order valence-corrected chi connectivity index (χ2v) is 4.56. The first-order valence-corrected chi connectivity index (χ1v) is 7.58. The summed E-state index contributed by atoms with van der Waals surface area (Å²) in [4.78, 5) is 0. The van der Waals surface area contributed by atoms with Crippen molar-refractivity contribution < 1.29 is 0 Å². The molecule has 0 bridgehead atoms. The lowest BCUT2D eigenvalue weighted by Crippen LogP contribution is -1.80. The largest absolute Gasteiger partial charge is 0.103 e. The van der Waals surface area contributed by atoms with Crippen LogP contribution in [0.2, 0.25) is 0 Å². The molecule has 0 aliphatic rings. The Morgan fingerprint density at radius 3 is 1.05 bits per heavy atom. The zero-order valence-electron chi connectivity index (χ0n) is 15.1. The summed E-state index contributed by atoms with van der Waals surface area (Å²) >= 11 is 0. The monoisotopic (exact) mass is 298 g/mol. The molecule has 0 aromatic heterocycles. The molecule has 122 valence electrons. The zero-order valence-corrected chi connectivity index (χ0v) is 15.1. The van der Waals surface area contributed by atoms with Gasteiger partial charge in [0.15, 0.2) is 0 Å². The normalized spacial score (nSPS) is 9.09. The molecule has 0 aromatic rings. The molecule has 0 amide bonds. The lowest BCUT2D eigenvalue weighted by Gasteiger charge is -2.00.